The van der Waals surface area contributed by atoms with Gasteiger partial charge in [0.2, 0.25) is 0 Å². The van der Waals surface area contributed by atoms with Crippen LogP contribution in [0.15, 0.2) is 36.4 Å². The maximum atomic E-state index is 12.9. The lowest BCUT2D eigenvalue weighted by Gasteiger charge is -2.31. The van der Waals surface area contributed by atoms with Gasteiger partial charge in [-0.1, -0.05) is 29.8 Å². The molecule has 1 amide bonds. The number of amides is 1. The summed E-state index contributed by atoms with van der Waals surface area (Å²) in [6.45, 7) is 2.57. The first-order chi connectivity index (χ1) is 11.0. The predicted molar refractivity (Wildman–Crippen MR) is 89.3 cm³/mol. The number of aryl methyl sites for hydroxylation is 2. The molecule has 3 rings (SSSR count). The fraction of sp³-hybridized carbons (Fsp3) is 0.235. The van der Waals surface area contributed by atoms with Crippen molar-refractivity contribution in [3.8, 4) is 0 Å². The van der Waals surface area contributed by atoms with Crippen molar-refractivity contribution in [3.05, 3.63) is 68.2 Å². The fourth-order valence-corrected chi connectivity index (χ4v) is 3.18. The fourth-order valence-electron chi connectivity index (χ4n) is 2.99. The Labute approximate surface area is 138 Å². The van der Waals surface area contributed by atoms with E-state index in [0.717, 1.165) is 29.7 Å². The molecule has 0 saturated heterocycles. The van der Waals surface area contributed by atoms with Crippen LogP contribution in [0.3, 0.4) is 0 Å². The highest BCUT2D eigenvalue weighted by molar-refractivity contribution is 6.32. The van der Waals surface area contributed by atoms with Crippen LogP contribution in [0.2, 0.25) is 5.02 Å². The first kappa shape index (κ1) is 15.5. The second kappa shape index (κ2) is 6.01. The smallest absolute Gasteiger partial charge is 0.288 e. The lowest BCUT2D eigenvalue weighted by atomic mass is 9.97. The third-order valence-corrected chi connectivity index (χ3v) is 4.37. The van der Waals surface area contributed by atoms with Crippen molar-refractivity contribution in [3.63, 3.8) is 0 Å². The Morgan fingerprint density at radius 2 is 2.09 bits per heavy atom. The molecule has 0 N–H and O–H groups in total. The topological polar surface area (TPSA) is 63.5 Å². The summed E-state index contributed by atoms with van der Waals surface area (Å²) < 4.78 is 0. The highest BCUT2D eigenvalue weighted by atomic mass is 35.5. The van der Waals surface area contributed by atoms with Crippen LogP contribution in [0.25, 0.3) is 0 Å². The molecule has 2 aromatic carbocycles. The molecule has 5 nitrogen and oxygen atoms in total. The third kappa shape index (κ3) is 2.80. The predicted octanol–water partition coefficient (Wildman–Crippen LogP) is 4.15. The number of halogens is 1. The number of nitro benzene ring substituents is 1. The Balaban J connectivity index is 2.03. The van der Waals surface area contributed by atoms with Crippen molar-refractivity contribution >= 4 is 28.9 Å². The summed E-state index contributed by atoms with van der Waals surface area (Å²) in [5.74, 6) is -0.236. The number of anilines is 1. The molecule has 0 atom stereocenters. The van der Waals surface area contributed by atoms with E-state index in [4.69, 9.17) is 11.6 Å². The summed E-state index contributed by atoms with van der Waals surface area (Å²) in [5, 5.41) is 11.1. The van der Waals surface area contributed by atoms with Crippen molar-refractivity contribution < 1.29 is 9.72 Å². The summed E-state index contributed by atoms with van der Waals surface area (Å²) in [4.78, 5) is 25.0. The summed E-state index contributed by atoms with van der Waals surface area (Å²) in [5.41, 5.74) is 3.10. The second-order valence-corrected chi connectivity index (χ2v) is 5.97. The first-order valence-electron chi connectivity index (χ1n) is 7.33. The summed E-state index contributed by atoms with van der Waals surface area (Å²) in [6.07, 6.45) is 1.80. The molecule has 6 heteroatoms. The molecule has 0 unspecified atom stereocenters. The van der Waals surface area contributed by atoms with Crippen molar-refractivity contribution in [1.82, 2.24) is 0 Å². The molecule has 0 aromatic heterocycles. The molecule has 0 bridgehead atoms. The molecule has 2 aromatic rings. The van der Waals surface area contributed by atoms with Gasteiger partial charge >= 0.3 is 0 Å². The standard InChI is InChI=1S/C17H15ClN2O3/c1-11-4-2-5-12-6-3-9-19(16(11)12)17(21)13-7-8-14(18)15(10-13)20(22)23/h2,4-5,7-8,10H,3,6,9H2,1H3. The molecule has 118 valence electrons. The van der Waals surface area contributed by atoms with Crippen LogP contribution in [-0.4, -0.2) is 17.4 Å². The van der Waals surface area contributed by atoms with Crippen LogP contribution in [0, 0.1) is 17.0 Å². The lowest BCUT2D eigenvalue weighted by Crippen LogP contribution is -2.36. The van der Waals surface area contributed by atoms with E-state index in [1.807, 2.05) is 25.1 Å². The highest BCUT2D eigenvalue weighted by Crippen LogP contribution is 2.33. The number of hydrogen-bond acceptors (Lipinski definition) is 3. The number of carbonyl (C=O) groups is 1. The van der Waals surface area contributed by atoms with Gasteiger partial charge in [0.05, 0.1) is 10.6 Å². The zero-order valence-corrected chi connectivity index (χ0v) is 13.3. The van der Waals surface area contributed by atoms with Gasteiger partial charge in [0.1, 0.15) is 5.02 Å². The average molecular weight is 331 g/mol. The largest absolute Gasteiger partial charge is 0.308 e. The Morgan fingerprint density at radius 3 is 2.83 bits per heavy atom. The van der Waals surface area contributed by atoms with Crippen LogP contribution in [0.4, 0.5) is 11.4 Å². The summed E-state index contributed by atoms with van der Waals surface area (Å²) >= 11 is 5.82. The molecular weight excluding hydrogens is 316 g/mol. The maximum Gasteiger partial charge on any atom is 0.288 e. The molecule has 0 aliphatic carbocycles. The van der Waals surface area contributed by atoms with Crippen molar-refractivity contribution in [1.29, 1.82) is 0 Å². The van der Waals surface area contributed by atoms with Gasteiger partial charge in [0, 0.05) is 18.2 Å². The average Bonchev–Trinajstić information content (AvgIpc) is 2.54. The van der Waals surface area contributed by atoms with Gasteiger partial charge in [-0.15, -0.1) is 0 Å². The Morgan fingerprint density at radius 1 is 1.30 bits per heavy atom. The normalized spacial score (nSPS) is 13.6. The van der Waals surface area contributed by atoms with E-state index in [1.54, 1.807) is 4.90 Å². The van der Waals surface area contributed by atoms with E-state index in [1.165, 1.54) is 18.2 Å². The van der Waals surface area contributed by atoms with E-state index in [0.29, 0.717) is 6.54 Å². The minimum Gasteiger partial charge on any atom is -0.308 e. The number of para-hydroxylation sites is 1. The molecule has 1 heterocycles. The third-order valence-electron chi connectivity index (χ3n) is 4.05. The Hall–Kier alpha value is -2.40. The molecule has 1 aliphatic rings. The molecule has 0 spiro atoms. The number of hydrogen-bond donors (Lipinski definition) is 0. The highest BCUT2D eigenvalue weighted by Gasteiger charge is 2.26. The lowest BCUT2D eigenvalue weighted by molar-refractivity contribution is -0.384. The zero-order chi connectivity index (χ0) is 16.6. The minimum atomic E-state index is -0.575. The van der Waals surface area contributed by atoms with E-state index < -0.39 is 4.92 Å². The van der Waals surface area contributed by atoms with Crippen molar-refractivity contribution in [2.75, 3.05) is 11.4 Å². The van der Waals surface area contributed by atoms with E-state index in [-0.39, 0.29) is 22.2 Å². The number of nitrogens with zero attached hydrogens (tertiary/aromatic N) is 2. The van der Waals surface area contributed by atoms with Crippen molar-refractivity contribution in [2.45, 2.75) is 19.8 Å². The van der Waals surface area contributed by atoms with Crippen LogP contribution >= 0.6 is 11.6 Å². The number of fused-ring (bicyclic) bond motifs is 1. The van der Waals surface area contributed by atoms with Crippen LogP contribution < -0.4 is 4.90 Å². The van der Waals surface area contributed by atoms with Gasteiger partial charge in [-0.05, 0) is 43.0 Å². The monoisotopic (exact) mass is 330 g/mol. The van der Waals surface area contributed by atoms with Gasteiger partial charge in [-0.3, -0.25) is 14.9 Å². The van der Waals surface area contributed by atoms with Crippen LogP contribution in [0.5, 0.6) is 0 Å². The molecule has 0 radical (unpaired) electrons. The molecular formula is C17H15ClN2O3. The van der Waals surface area contributed by atoms with E-state index in [2.05, 4.69) is 0 Å². The van der Waals surface area contributed by atoms with Gasteiger partial charge in [-0.25, -0.2) is 0 Å². The maximum absolute atomic E-state index is 12.9. The minimum absolute atomic E-state index is 0.0294. The Bertz CT molecular complexity index is 804. The zero-order valence-electron chi connectivity index (χ0n) is 12.6. The summed E-state index contributed by atoms with van der Waals surface area (Å²) in [6, 6.07) is 10.1. The van der Waals surface area contributed by atoms with Crippen molar-refractivity contribution in [2.24, 2.45) is 0 Å². The molecule has 23 heavy (non-hydrogen) atoms. The number of carbonyl (C=O) groups excluding carboxylic acids is 1. The number of rotatable bonds is 2. The van der Waals surface area contributed by atoms with E-state index >= 15 is 0 Å². The van der Waals surface area contributed by atoms with Crippen LogP contribution in [-0.2, 0) is 6.42 Å². The SMILES string of the molecule is Cc1cccc2c1N(C(=O)c1ccc(Cl)c([N+](=O)[O-])c1)CCC2. The van der Waals surface area contributed by atoms with Gasteiger partial charge < -0.3 is 4.90 Å². The van der Waals surface area contributed by atoms with Gasteiger partial charge in [-0.2, -0.15) is 0 Å². The Kier molecular flexibility index (Phi) is 4.05. The number of nitro groups is 1. The van der Waals surface area contributed by atoms with Gasteiger partial charge in [0.25, 0.3) is 11.6 Å². The molecule has 0 saturated carbocycles. The van der Waals surface area contributed by atoms with Gasteiger partial charge in [0.15, 0.2) is 0 Å². The van der Waals surface area contributed by atoms with Crippen LogP contribution in [0.1, 0.15) is 27.9 Å². The second-order valence-electron chi connectivity index (χ2n) is 5.57. The first-order valence-corrected chi connectivity index (χ1v) is 7.71. The molecule has 0 fully saturated rings. The molecule has 1 aliphatic heterocycles. The number of benzene rings is 2. The van der Waals surface area contributed by atoms with E-state index in [9.17, 15) is 14.9 Å². The quantitative estimate of drug-likeness (QED) is 0.613. The summed E-state index contributed by atoms with van der Waals surface area (Å²) in [7, 11) is 0.